The Hall–Kier alpha value is -1.62. The molecule has 0 bridgehead atoms. The first-order valence-electron chi connectivity index (χ1n) is 5.90. The van der Waals surface area contributed by atoms with Crippen molar-refractivity contribution in [3.8, 4) is 5.75 Å². The number of hydrogen-bond donors (Lipinski definition) is 1. The Bertz CT molecular complexity index is 464. The van der Waals surface area contributed by atoms with Crippen LogP contribution in [0.25, 0.3) is 0 Å². The van der Waals surface area contributed by atoms with Crippen molar-refractivity contribution < 1.29 is 19.0 Å². The lowest BCUT2D eigenvalue weighted by molar-refractivity contribution is -0.0388. The predicted octanol–water partition coefficient (Wildman–Crippen LogP) is 1.78. The van der Waals surface area contributed by atoms with E-state index in [2.05, 4.69) is 0 Å². The van der Waals surface area contributed by atoms with Crippen molar-refractivity contribution >= 4 is 5.91 Å². The molecule has 1 fully saturated rings. The van der Waals surface area contributed by atoms with Crippen LogP contribution in [0.1, 0.15) is 24.2 Å². The maximum absolute atomic E-state index is 13.1. The standard InChI is InChI=1S/C13H16FNO3/c1-8-7-18-9(2)6-15(8)13(17)11-5-10(14)3-4-12(11)16/h3-5,8-9,16H,6-7H2,1-2H3. The second-order valence-electron chi connectivity index (χ2n) is 4.61. The zero-order valence-corrected chi connectivity index (χ0v) is 10.4. The van der Waals surface area contributed by atoms with E-state index in [1.807, 2.05) is 13.8 Å². The summed E-state index contributed by atoms with van der Waals surface area (Å²) >= 11 is 0. The molecule has 1 heterocycles. The smallest absolute Gasteiger partial charge is 0.258 e. The molecule has 0 aliphatic carbocycles. The van der Waals surface area contributed by atoms with E-state index in [0.717, 1.165) is 12.1 Å². The van der Waals surface area contributed by atoms with Crippen molar-refractivity contribution in [2.24, 2.45) is 0 Å². The number of benzene rings is 1. The molecule has 18 heavy (non-hydrogen) atoms. The molecule has 5 heteroatoms. The number of carbonyl (C=O) groups is 1. The van der Waals surface area contributed by atoms with Gasteiger partial charge in [0.15, 0.2) is 0 Å². The number of morpholine rings is 1. The van der Waals surface area contributed by atoms with E-state index < -0.39 is 5.82 Å². The predicted molar refractivity (Wildman–Crippen MR) is 64.0 cm³/mol. The first-order chi connectivity index (χ1) is 8.49. The summed E-state index contributed by atoms with van der Waals surface area (Å²) in [6.45, 7) is 4.62. The van der Waals surface area contributed by atoms with Gasteiger partial charge in [-0.15, -0.1) is 0 Å². The summed E-state index contributed by atoms with van der Waals surface area (Å²) in [6, 6.07) is 3.29. The fourth-order valence-corrected chi connectivity index (χ4v) is 2.02. The second-order valence-corrected chi connectivity index (χ2v) is 4.61. The number of rotatable bonds is 1. The van der Waals surface area contributed by atoms with Crippen molar-refractivity contribution in [1.82, 2.24) is 4.90 Å². The van der Waals surface area contributed by atoms with E-state index in [1.165, 1.54) is 6.07 Å². The number of nitrogens with zero attached hydrogens (tertiary/aromatic N) is 1. The highest BCUT2D eigenvalue weighted by molar-refractivity contribution is 5.97. The molecule has 2 rings (SSSR count). The van der Waals surface area contributed by atoms with Crippen LogP contribution in [0, 0.1) is 5.82 Å². The molecule has 2 unspecified atom stereocenters. The van der Waals surface area contributed by atoms with Crippen molar-refractivity contribution in [3.63, 3.8) is 0 Å². The Balaban J connectivity index is 2.27. The number of ether oxygens (including phenoxy) is 1. The quantitative estimate of drug-likeness (QED) is 0.830. The Morgan fingerprint density at radius 1 is 1.50 bits per heavy atom. The van der Waals surface area contributed by atoms with Crippen LogP contribution in [0.3, 0.4) is 0 Å². The number of hydrogen-bond acceptors (Lipinski definition) is 3. The highest BCUT2D eigenvalue weighted by Gasteiger charge is 2.29. The molecule has 1 aliphatic heterocycles. The highest BCUT2D eigenvalue weighted by Crippen LogP contribution is 2.22. The van der Waals surface area contributed by atoms with Crippen LogP contribution in [0.5, 0.6) is 5.75 Å². The molecule has 0 radical (unpaired) electrons. The fourth-order valence-electron chi connectivity index (χ4n) is 2.02. The van der Waals surface area contributed by atoms with Crippen molar-refractivity contribution in [2.75, 3.05) is 13.2 Å². The van der Waals surface area contributed by atoms with E-state index >= 15 is 0 Å². The number of amides is 1. The van der Waals surface area contributed by atoms with E-state index in [0.29, 0.717) is 13.2 Å². The van der Waals surface area contributed by atoms with Crippen LogP contribution in [0.15, 0.2) is 18.2 Å². The first kappa shape index (κ1) is 12.8. The van der Waals surface area contributed by atoms with Crippen LogP contribution in [0.2, 0.25) is 0 Å². The van der Waals surface area contributed by atoms with Crippen LogP contribution in [-0.4, -0.2) is 41.2 Å². The monoisotopic (exact) mass is 253 g/mol. The minimum atomic E-state index is -0.537. The average molecular weight is 253 g/mol. The summed E-state index contributed by atoms with van der Waals surface area (Å²) in [4.78, 5) is 13.9. The van der Waals surface area contributed by atoms with Crippen LogP contribution < -0.4 is 0 Å². The maximum atomic E-state index is 13.1. The van der Waals surface area contributed by atoms with Gasteiger partial charge in [-0.25, -0.2) is 4.39 Å². The average Bonchev–Trinajstić information content (AvgIpc) is 2.34. The second kappa shape index (κ2) is 4.94. The Morgan fingerprint density at radius 2 is 2.22 bits per heavy atom. The lowest BCUT2D eigenvalue weighted by atomic mass is 10.1. The molecule has 0 aromatic heterocycles. The Labute approximate surface area is 105 Å². The van der Waals surface area contributed by atoms with Gasteiger partial charge in [0.05, 0.1) is 24.3 Å². The minimum Gasteiger partial charge on any atom is -0.507 e. The molecule has 0 saturated carbocycles. The molecule has 0 spiro atoms. The van der Waals surface area contributed by atoms with Crippen molar-refractivity contribution in [2.45, 2.75) is 26.0 Å². The van der Waals surface area contributed by atoms with Gasteiger partial charge < -0.3 is 14.7 Å². The largest absolute Gasteiger partial charge is 0.507 e. The van der Waals surface area contributed by atoms with Crippen LogP contribution in [0.4, 0.5) is 4.39 Å². The van der Waals surface area contributed by atoms with Gasteiger partial charge in [0, 0.05) is 6.54 Å². The third-order valence-electron chi connectivity index (χ3n) is 3.06. The Kier molecular flexibility index (Phi) is 3.52. The summed E-state index contributed by atoms with van der Waals surface area (Å²) in [5, 5.41) is 9.64. The third kappa shape index (κ3) is 2.46. The summed E-state index contributed by atoms with van der Waals surface area (Å²) < 4.78 is 18.6. The number of phenols is 1. The molecule has 1 aromatic carbocycles. The van der Waals surface area contributed by atoms with Gasteiger partial charge in [-0.2, -0.15) is 0 Å². The molecular weight excluding hydrogens is 237 g/mol. The molecule has 1 aromatic rings. The van der Waals surface area contributed by atoms with Gasteiger partial charge in [-0.1, -0.05) is 0 Å². The molecule has 1 aliphatic rings. The summed E-state index contributed by atoms with van der Waals surface area (Å²) in [5.74, 6) is -1.10. The third-order valence-corrected chi connectivity index (χ3v) is 3.06. The van der Waals surface area contributed by atoms with E-state index in [1.54, 1.807) is 4.90 Å². The van der Waals surface area contributed by atoms with Crippen LogP contribution >= 0.6 is 0 Å². The molecule has 4 nitrogen and oxygen atoms in total. The molecule has 2 atom stereocenters. The van der Waals surface area contributed by atoms with Crippen molar-refractivity contribution in [1.29, 1.82) is 0 Å². The maximum Gasteiger partial charge on any atom is 0.258 e. The molecule has 1 saturated heterocycles. The van der Waals surface area contributed by atoms with Crippen LogP contribution in [-0.2, 0) is 4.74 Å². The normalized spacial score (nSPS) is 24.1. The van der Waals surface area contributed by atoms with Gasteiger partial charge in [0.25, 0.3) is 5.91 Å². The summed E-state index contributed by atoms with van der Waals surface area (Å²) in [6.07, 6.45) is -0.0548. The van der Waals surface area contributed by atoms with E-state index in [-0.39, 0.29) is 29.4 Å². The number of halogens is 1. The van der Waals surface area contributed by atoms with Gasteiger partial charge >= 0.3 is 0 Å². The van der Waals surface area contributed by atoms with Gasteiger partial charge in [-0.05, 0) is 32.0 Å². The van der Waals surface area contributed by atoms with E-state index in [4.69, 9.17) is 4.74 Å². The SMILES string of the molecule is CC1CN(C(=O)c2cc(F)ccc2O)C(C)CO1. The molecule has 98 valence electrons. The highest BCUT2D eigenvalue weighted by atomic mass is 19.1. The Morgan fingerprint density at radius 3 is 2.94 bits per heavy atom. The first-order valence-corrected chi connectivity index (χ1v) is 5.90. The zero-order chi connectivity index (χ0) is 13.3. The molecule has 1 amide bonds. The fraction of sp³-hybridized carbons (Fsp3) is 0.462. The number of aromatic hydroxyl groups is 1. The summed E-state index contributed by atoms with van der Waals surface area (Å²) in [7, 11) is 0. The summed E-state index contributed by atoms with van der Waals surface area (Å²) in [5.41, 5.74) is -0.00375. The number of carbonyl (C=O) groups excluding carboxylic acids is 1. The van der Waals surface area contributed by atoms with Gasteiger partial charge in [0.1, 0.15) is 11.6 Å². The zero-order valence-electron chi connectivity index (χ0n) is 10.4. The minimum absolute atomic E-state index is 0.00375. The molecular formula is C13H16FNO3. The van der Waals surface area contributed by atoms with E-state index in [9.17, 15) is 14.3 Å². The number of phenolic OH excluding ortho intramolecular Hbond substituents is 1. The van der Waals surface area contributed by atoms with Crippen molar-refractivity contribution in [3.05, 3.63) is 29.6 Å². The van der Waals surface area contributed by atoms with Gasteiger partial charge in [-0.3, -0.25) is 4.79 Å². The lowest BCUT2D eigenvalue weighted by Gasteiger charge is -2.36. The lowest BCUT2D eigenvalue weighted by Crippen LogP contribution is -2.50. The topological polar surface area (TPSA) is 49.8 Å². The molecule has 1 N–H and O–H groups in total. The van der Waals surface area contributed by atoms with Gasteiger partial charge in [0.2, 0.25) is 0 Å².